The number of sulfonamides is 1. The lowest BCUT2D eigenvalue weighted by atomic mass is 10.0. The number of nitrogens with zero attached hydrogens (tertiary/aromatic N) is 1. The van der Waals surface area contributed by atoms with Crippen molar-refractivity contribution in [2.75, 3.05) is 0 Å². The van der Waals surface area contributed by atoms with Crippen LogP contribution in [0.4, 0.5) is 0 Å². The van der Waals surface area contributed by atoms with E-state index >= 15 is 0 Å². The van der Waals surface area contributed by atoms with Gasteiger partial charge in [0.25, 0.3) is 10.0 Å². The number of esters is 1. The Kier molecular flexibility index (Phi) is 6.95. The van der Waals surface area contributed by atoms with Crippen LogP contribution in [0.1, 0.15) is 27.2 Å². The molecule has 0 spiro atoms. The molecule has 0 bridgehead atoms. The highest BCUT2D eigenvalue weighted by Crippen LogP contribution is 2.20. The first-order chi connectivity index (χ1) is 16.3. The van der Waals surface area contributed by atoms with Crippen molar-refractivity contribution in [2.45, 2.75) is 11.8 Å². The van der Waals surface area contributed by atoms with E-state index in [0.29, 0.717) is 27.3 Å². The zero-order valence-corrected chi connectivity index (χ0v) is 20.3. The average molecular weight is 539 g/mol. The second-order valence-electron chi connectivity index (χ2n) is 7.25. The summed E-state index contributed by atoms with van der Waals surface area (Å²) in [5.74, 6) is -0.275. The molecule has 172 valence electrons. The van der Waals surface area contributed by atoms with E-state index in [1.807, 2.05) is 37.3 Å². The number of halogens is 1. The number of hydrazone groups is 1. The number of carbonyl (C=O) groups is 1. The summed E-state index contributed by atoms with van der Waals surface area (Å²) in [6, 6.07) is 25.3. The van der Waals surface area contributed by atoms with Crippen LogP contribution in [0.3, 0.4) is 0 Å². The van der Waals surface area contributed by atoms with E-state index in [4.69, 9.17) is 9.15 Å². The molecule has 0 fully saturated rings. The molecular formula is C25H19BrN2O5S. The number of hydrogen-bond donors (Lipinski definition) is 1. The zero-order chi connectivity index (χ0) is 24.1. The minimum absolute atomic E-state index is 0.0630. The number of rotatable bonds is 7. The second kappa shape index (κ2) is 10.1. The molecule has 0 saturated carbocycles. The molecule has 0 amide bonds. The van der Waals surface area contributed by atoms with E-state index in [-0.39, 0.29) is 10.7 Å². The molecule has 0 unspecified atom stereocenters. The zero-order valence-electron chi connectivity index (χ0n) is 17.9. The number of aryl methyl sites for hydroxylation is 1. The molecule has 4 rings (SSSR count). The van der Waals surface area contributed by atoms with Crippen LogP contribution >= 0.6 is 15.9 Å². The number of ether oxygens (including phenoxy) is 1. The Morgan fingerprint density at radius 2 is 1.53 bits per heavy atom. The van der Waals surface area contributed by atoms with Crippen molar-refractivity contribution in [1.82, 2.24) is 4.83 Å². The first-order valence-electron chi connectivity index (χ1n) is 10.1. The summed E-state index contributed by atoms with van der Waals surface area (Å²) >= 11 is 3.14. The van der Waals surface area contributed by atoms with Crippen LogP contribution in [0.2, 0.25) is 0 Å². The summed E-state index contributed by atoms with van der Waals surface area (Å²) < 4.78 is 36.4. The van der Waals surface area contributed by atoms with Crippen LogP contribution in [-0.2, 0) is 10.0 Å². The number of hydrogen-bond acceptors (Lipinski definition) is 6. The van der Waals surface area contributed by atoms with Crippen LogP contribution in [-0.4, -0.2) is 20.1 Å². The topological polar surface area (TPSA) is 98.0 Å². The third kappa shape index (κ3) is 5.62. The Labute approximate surface area is 205 Å². The molecular weight excluding hydrogens is 520 g/mol. The quantitative estimate of drug-likeness (QED) is 0.149. The fourth-order valence-electron chi connectivity index (χ4n) is 3.03. The predicted octanol–water partition coefficient (Wildman–Crippen LogP) is 5.30. The maximum Gasteiger partial charge on any atom is 0.379 e. The van der Waals surface area contributed by atoms with E-state index in [9.17, 15) is 13.2 Å². The Hall–Kier alpha value is -3.69. The molecule has 9 heteroatoms. The highest BCUT2D eigenvalue weighted by Gasteiger charge is 2.16. The average Bonchev–Trinajstić information content (AvgIpc) is 3.28. The van der Waals surface area contributed by atoms with Gasteiger partial charge in [0.1, 0.15) is 5.75 Å². The molecule has 0 aliphatic rings. The molecule has 0 atom stereocenters. The predicted molar refractivity (Wildman–Crippen MR) is 131 cm³/mol. The minimum Gasteiger partial charge on any atom is -0.442 e. The monoisotopic (exact) mass is 538 g/mol. The van der Waals surface area contributed by atoms with Crippen molar-refractivity contribution >= 4 is 37.6 Å². The molecule has 0 aliphatic heterocycles. The Morgan fingerprint density at radius 3 is 2.15 bits per heavy atom. The second-order valence-corrected chi connectivity index (χ2v) is 9.69. The van der Waals surface area contributed by atoms with Gasteiger partial charge in [0.15, 0.2) is 4.67 Å². The molecule has 1 aromatic heterocycles. The fourth-order valence-corrected chi connectivity index (χ4v) is 4.15. The molecule has 34 heavy (non-hydrogen) atoms. The summed E-state index contributed by atoms with van der Waals surface area (Å²) in [6.07, 6.45) is 0. The maximum atomic E-state index is 12.7. The largest absolute Gasteiger partial charge is 0.442 e. The third-order valence-corrected chi connectivity index (χ3v) is 6.42. The standard InChI is InChI=1S/C25H19BrN2O5S/c1-17-7-13-21(14-8-17)34(30,31)28-27-24(18-5-3-2-4-6-18)19-9-11-20(12-10-19)32-25(29)22-15-16-23(26)33-22/h2-16,28H,1H3/b27-24+. The van der Waals surface area contributed by atoms with Gasteiger partial charge < -0.3 is 9.15 Å². The Bertz CT molecular complexity index is 1430. The molecule has 1 heterocycles. The van der Waals surface area contributed by atoms with Gasteiger partial charge in [-0.15, -0.1) is 0 Å². The Balaban J connectivity index is 1.60. The summed E-state index contributed by atoms with van der Waals surface area (Å²) in [7, 11) is -3.86. The van der Waals surface area contributed by atoms with Crippen molar-refractivity contribution in [3.8, 4) is 5.75 Å². The van der Waals surface area contributed by atoms with E-state index in [1.165, 1.54) is 18.2 Å². The lowest BCUT2D eigenvalue weighted by molar-refractivity contribution is 0.0700. The van der Waals surface area contributed by atoms with Crippen molar-refractivity contribution in [1.29, 1.82) is 0 Å². The Morgan fingerprint density at radius 1 is 0.882 bits per heavy atom. The molecule has 0 saturated heterocycles. The van der Waals surface area contributed by atoms with E-state index in [1.54, 1.807) is 42.5 Å². The molecule has 4 aromatic rings. The van der Waals surface area contributed by atoms with E-state index in [0.717, 1.165) is 5.56 Å². The molecule has 1 N–H and O–H groups in total. The van der Waals surface area contributed by atoms with Crippen LogP contribution in [0, 0.1) is 6.92 Å². The third-order valence-electron chi connectivity index (χ3n) is 4.77. The van der Waals surface area contributed by atoms with Gasteiger partial charge in [0.05, 0.1) is 10.6 Å². The number of benzene rings is 3. The minimum atomic E-state index is -3.86. The SMILES string of the molecule is Cc1ccc(S(=O)(=O)N/N=C(\c2ccccc2)c2ccc(OC(=O)c3ccc(Br)o3)cc2)cc1. The summed E-state index contributed by atoms with van der Waals surface area (Å²) in [6.45, 7) is 1.88. The van der Waals surface area contributed by atoms with Gasteiger partial charge in [0, 0.05) is 11.1 Å². The molecule has 3 aromatic carbocycles. The molecule has 0 aliphatic carbocycles. The first-order valence-corrected chi connectivity index (χ1v) is 12.4. The van der Waals surface area contributed by atoms with E-state index in [2.05, 4.69) is 25.9 Å². The van der Waals surface area contributed by atoms with Crippen LogP contribution in [0.5, 0.6) is 5.75 Å². The smallest absolute Gasteiger partial charge is 0.379 e. The summed E-state index contributed by atoms with van der Waals surface area (Å²) in [5.41, 5.74) is 2.69. The van der Waals surface area contributed by atoms with Gasteiger partial charge in [-0.2, -0.15) is 18.4 Å². The lowest BCUT2D eigenvalue weighted by Gasteiger charge is -2.10. The van der Waals surface area contributed by atoms with Gasteiger partial charge in [0.2, 0.25) is 5.76 Å². The summed E-state index contributed by atoms with van der Waals surface area (Å²) in [5, 5.41) is 4.23. The van der Waals surface area contributed by atoms with E-state index < -0.39 is 16.0 Å². The number of furan rings is 1. The number of carbonyl (C=O) groups excluding carboxylic acids is 1. The van der Waals surface area contributed by atoms with Crippen molar-refractivity contribution in [3.05, 3.63) is 118 Å². The van der Waals surface area contributed by atoms with Gasteiger partial charge in [-0.25, -0.2) is 4.79 Å². The highest BCUT2D eigenvalue weighted by atomic mass is 79.9. The first kappa shape index (κ1) is 23.5. The fraction of sp³-hybridized carbons (Fsp3) is 0.0400. The van der Waals surface area contributed by atoms with Crippen molar-refractivity contribution in [2.24, 2.45) is 5.10 Å². The van der Waals surface area contributed by atoms with Gasteiger partial charge >= 0.3 is 5.97 Å². The van der Waals surface area contributed by atoms with Crippen molar-refractivity contribution in [3.63, 3.8) is 0 Å². The molecule has 0 radical (unpaired) electrons. The van der Waals surface area contributed by atoms with Gasteiger partial charge in [-0.1, -0.05) is 48.0 Å². The van der Waals surface area contributed by atoms with Gasteiger partial charge in [-0.05, 0) is 71.4 Å². The molecule has 7 nitrogen and oxygen atoms in total. The highest BCUT2D eigenvalue weighted by molar-refractivity contribution is 9.10. The van der Waals surface area contributed by atoms with Crippen LogP contribution in [0.25, 0.3) is 0 Å². The van der Waals surface area contributed by atoms with Crippen molar-refractivity contribution < 1.29 is 22.4 Å². The van der Waals surface area contributed by atoms with Crippen LogP contribution < -0.4 is 9.57 Å². The van der Waals surface area contributed by atoms with Crippen LogP contribution in [0.15, 0.2) is 110 Å². The van der Waals surface area contributed by atoms with Gasteiger partial charge in [-0.3, -0.25) is 0 Å². The summed E-state index contributed by atoms with van der Waals surface area (Å²) in [4.78, 5) is 14.6. The maximum absolute atomic E-state index is 12.7. The normalized spacial score (nSPS) is 11.8. The lowest BCUT2D eigenvalue weighted by Crippen LogP contribution is -2.21. The number of nitrogens with one attached hydrogen (secondary N) is 1.